The number of aryl methyl sites for hydroxylation is 1. The summed E-state index contributed by atoms with van der Waals surface area (Å²) in [6.07, 6.45) is 2.79. The van der Waals surface area contributed by atoms with Gasteiger partial charge in [-0.2, -0.15) is 0 Å². The number of hydrogen-bond acceptors (Lipinski definition) is 5. The molecule has 0 aliphatic carbocycles. The van der Waals surface area contributed by atoms with Gasteiger partial charge in [0.25, 0.3) is 0 Å². The van der Waals surface area contributed by atoms with E-state index in [-0.39, 0.29) is 0 Å². The van der Waals surface area contributed by atoms with Crippen LogP contribution in [0.2, 0.25) is 0 Å². The van der Waals surface area contributed by atoms with E-state index in [1.165, 1.54) is 32.7 Å². The molecule has 1 N–H and O–H groups in total. The largest absolute Gasteiger partial charge is 0.370 e. The SMILES string of the molecule is Cc1ncnc(NCCCN2CCN(C)CC2)c1C. The molecule has 2 heterocycles. The van der Waals surface area contributed by atoms with Crippen LogP contribution in [0.25, 0.3) is 0 Å². The summed E-state index contributed by atoms with van der Waals surface area (Å²) in [7, 11) is 2.19. The first-order chi connectivity index (χ1) is 9.16. The molecule has 19 heavy (non-hydrogen) atoms. The molecule has 5 heteroatoms. The number of hydrogen-bond donors (Lipinski definition) is 1. The van der Waals surface area contributed by atoms with Crippen LogP contribution in [-0.2, 0) is 0 Å². The van der Waals surface area contributed by atoms with Gasteiger partial charge < -0.3 is 15.1 Å². The Labute approximate surface area is 116 Å². The number of anilines is 1. The molecule has 0 amide bonds. The van der Waals surface area contributed by atoms with Gasteiger partial charge in [-0.15, -0.1) is 0 Å². The molecular weight excluding hydrogens is 238 g/mol. The van der Waals surface area contributed by atoms with Crippen LogP contribution in [0.4, 0.5) is 5.82 Å². The van der Waals surface area contributed by atoms with Crippen molar-refractivity contribution in [2.75, 3.05) is 51.6 Å². The van der Waals surface area contributed by atoms with Crippen molar-refractivity contribution in [3.63, 3.8) is 0 Å². The molecule has 1 fully saturated rings. The molecule has 1 aliphatic heterocycles. The van der Waals surface area contributed by atoms with E-state index in [0.717, 1.165) is 30.0 Å². The van der Waals surface area contributed by atoms with Gasteiger partial charge in [-0.1, -0.05) is 0 Å². The Hall–Kier alpha value is -1.20. The summed E-state index contributed by atoms with van der Waals surface area (Å²) in [5.41, 5.74) is 2.21. The van der Waals surface area contributed by atoms with E-state index in [4.69, 9.17) is 0 Å². The first-order valence-corrected chi connectivity index (χ1v) is 7.10. The molecular formula is C14H25N5. The molecule has 0 saturated carbocycles. The minimum absolute atomic E-state index is 0.976. The van der Waals surface area contributed by atoms with Crippen LogP contribution in [0.1, 0.15) is 17.7 Å². The van der Waals surface area contributed by atoms with E-state index >= 15 is 0 Å². The van der Waals surface area contributed by atoms with Crippen molar-refractivity contribution in [1.29, 1.82) is 0 Å². The van der Waals surface area contributed by atoms with Gasteiger partial charge >= 0.3 is 0 Å². The fraction of sp³-hybridized carbons (Fsp3) is 0.714. The molecule has 1 aromatic heterocycles. The summed E-state index contributed by atoms with van der Waals surface area (Å²) in [6, 6.07) is 0. The second kappa shape index (κ2) is 6.82. The van der Waals surface area contributed by atoms with Gasteiger partial charge in [-0.05, 0) is 33.9 Å². The third kappa shape index (κ3) is 4.14. The summed E-state index contributed by atoms with van der Waals surface area (Å²) < 4.78 is 0. The molecule has 0 radical (unpaired) electrons. The van der Waals surface area contributed by atoms with Crippen molar-refractivity contribution < 1.29 is 0 Å². The zero-order valence-electron chi connectivity index (χ0n) is 12.3. The number of nitrogens with one attached hydrogen (secondary N) is 1. The molecule has 0 aromatic carbocycles. The quantitative estimate of drug-likeness (QED) is 0.807. The van der Waals surface area contributed by atoms with E-state index in [0.29, 0.717) is 0 Å². The van der Waals surface area contributed by atoms with Crippen LogP contribution in [0.5, 0.6) is 0 Å². The second-order valence-corrected chi connectivity index (χ2v) is 5.36. The lowest BCUT2D eigenvalue weighted by Gasteiger charge is -2.32. The van der Waals surface area contributed by atoms with E-state index in [1.807, 2.05) is 6.92 Å². The van der Waals surface area contributed by atoms with Crippen molar-refractivity contribution in [3.05, 3.63) is 17.6 Å². The molecule has 2 rings (SSSR count). The second-order valence-electron chi connectivity index (χ2n) is 5.36. The van der Waals surface area contributed by atoms with Crippen LogP contribution in [0.3, 0.4) is 0 Å². The Morgan fingerprint density at radius 3 is 2.63 bits per heavy atom. The lowest BCUT2D eigenvalue weighted by molar-refractivity contribution is 0.154. The summed E-state index contributed by atoms with van der Waals surface area (Å²) in [4.78, 5) is 13.4. The van der Waals surface area contributed by atoms with Crippen LogP contribution >= 0.6 is 0 Å². The Balaban J connectivity index is 1.68. The average molecular weight is 263 g/mol. The van der Waals surface area contributed by atoms with Gasteiger partial charge in [0.15, 0.2) is 0 Å². The third-order valence-electron chi connectivity index (χ3n) is 3.88. The highest BCUT2D eigenvalue weighted by molar-refractivity contribution is 5.44. The van der Waals surface area contributed by atoms with E-state index in [1.54, 1.807) is 6.33 Å². The lowest BCUT2D eigenvalue weighted by atomic mass is 10.2. The fourth-order valence-corrected chi connectivity index (χ4v) is 2.30. The number of aromatic nitrogens is 2. The van der Waals surface area contributed by atoms with E-state index in [2.05, 4.69) is 39.1 Å². The molecule has 1 saturated heterocycles. The number of nitrogens with zero attached hydrogens (tertiary/aromatic N) is 4. The molecule has 0 spiro atoms. The average Bonchev–Trinajstić information content (AvgIpc) is 2.41. The molecule has 106 valence electrons. The first kappa shape index (κ1) is 14.2. The Morgan fingerprint density at radius 2 is 1.89 bits per heavy atom. The maximum atomic E-state index is 4.29. The highest BCUT2D eigenvalue weighted by Crippen LogP contribution is 2.12. The van der Waals surface area contributed by atoms with Gasteiger partial charge in [-0.25, -0.2) is 9.97 Å². The van der Waals surface area contributed by atoms with Crippen LogP contribution < -0.4 is 5.32 Å². The van der Waals surface area contributed by atoms with Crippen LogP contribution in [0, 0.1) is 13.8 Å². The van der Waals surface area contributed by atoms with Gasteiger partial charge in [0.1, 0.15) is 12.1 Å². The molecule has 1 aliphatic rings. The number of piperazine rings is 1. The first-order valence-electron chi connectivity index (χ1n) is 7.10. The van der Waals surface area contributed by atoms with Crippen molar-refractivity contribution in [3.8, 4) is 0 Å². The summed E-state index contributed by atoms with van der Waals surface area (Å²) >= 11 is 0. The monoisotopic (exact) mass is 263 g/mol. The minimum atomic E-state index is 0.976. The van der Waals surface area contributed by atoms with Crippen LogP contribution in [-0.4, -0.2) is 66.1 Å². The van der Waals surface area contributed by atoms with Gasteiger partial charge in [0.2, 0.25) is 0 Å². The van der Waals surface area contributed by atoms with E-state index < -0.39 is 0 Å². The summed E-state index contributed by atoms with van der Waals surface area (Å²) in [5, 5.41) is 3.41. The lowest BCUT2D eigenvalue weighted by Crippen LogP contribution is -2.44. The zero-order valence-corrected chi connectivity index (χ0v) is 12.3. The van der Waals surface area contributed by atoms with Gasteiger partial charge in [0.05, 0.1) is 0 Å². The number of rotatable bonds is 5. The highest BCUT2D eigenvalue weighted by Gasteiger charge is 2.12. The minimum Gasteiger partial charge on any atom is -0.370 e. The van der Waals surface area contributed by atoms with Crippen LogP contribution in [0.15, 0.2) is 6.33 Å². The Morgan fingerprint density at radius 1 is 1.16 bits per heavy atom. The number of likely N-dealkylation sites (N-methyl/N-ethyl adjacent to an activating group) is 1. The van der Waals surface area contributed by atoms with Gasteiger partial charge in [0, 0.05) is 44.0 Å². The van der Waals surface area contributed by atoms with Gasteiger partial charge in [-0.3, -0.25) is 0 Å². The smallest absolute Gasteiger partial charge is 0.132 e. The molecule has 0 unspecified atom stereocenters. The Kier molecular flexibility index (Phi) is 5.10. The summed E-state index contributed by atoms with van der Waals surface area (Å²) in [6.45, 7) is 11.0. The normalized spacial score (nSPS) is 17.6. The standard InChI is InChI=1S/C14H25N5/c1-12-13(2)16-11-17-14(12)15-5-4-6-19-9-7-18(3)8-10-19/h11H,4-10H2,1-3H3,(H,15,16,17). The third-order valence-corrected chi connectivity index (χ3v) is 3.88. The molecule has 0 atom stereocenters. The maximum absolute atomic E-state index is 4.29. The Bertz CT molecular complexity index is 399. The zero-order chi connectivity index (χ0) is 13.7. The molecule has 1 aromatic rings. The summed E-state index contributed by atoms with van der Waals surface area (Å²) in [5.74, 6) is 0.978. The van der Waals surface area contributed by atoms with E-state index in [9.17, 15) is 0 Å². The van der Waals surface area contributed by atoms with Crippen molar-refractivity contribution in [2.24, 2.45) is 0 Å². The predicted octanol–water partition coefficient (Wildman–Crippen LogP) is 1.14. The molecule has 0 bridgehead atoms. The highest BCUT2D eigenvalue weighted by atomic mass is 15.2. The molecule has 5 nitrogen and oxygen atoms in total. The van der Waals surface area contributed by atoms with Crippen molar-refractivity contribution in [2.45, 2.75) is 20.3 Å². The maximum Gasteiger partial charge on any atom is 0.132 e. The van der Waals surface area contributed by atoms with Crippen molar-refractivity contribution >= 4 is 5.82 Å². The predicted molar refractivity (Wildman–Crippen MR) is 78.5 cm³/mol. The topological polar surface area (TPSA) is 44.3 Å². The fourth-order valence-electron chi connectivity index (χ4n) is 2.30. The van der Waals surface area contributed by atoms with Crippen molar-refractivity contribution in [1.82, 2.24) is 19.8 Å².